The summed E-state index contributed by atoms with van der Waals surface area (Å²) in [6.45, 7) is 4.11. The Labute approximate surface area is 93.1 Å². The molecule has 0 aliphatic heterocycles. The normalized spacial score (nSPS) is 10.6. The molecule has 0 N–H and O–H groups in total. The van der Waals surface area contributed by atoms with Crippen LogP contribution in [-0.2, 0) is 11.2 Å². The van der Waals surface area contributed by atoms with Crippen molar-refractivity contribution in [2.75, 3.05) is 6.61 Å². The first-order chi connectivity index (χ1) is 7.76. The zero-order valence-corrected chi connectivity index (χ0v) is 9.30. The van der Waals surface area contributed by atoms with Crippen LogP contribution in [0, 0.1) is 0 Å². The van der Waals surface area contributed by atoms with Crippen LogP contribution in [0.15, 0.2) is 18.6 Å². The lowest BCUT2D eigenvalue weighted by atomic mass is 10.4. The molecule has 2 rings (SSSR count). The van der Waals surface area contributed by atoms with E-state index in [0.717, 1.165) is 12.1 Å². The minimum absolute atomic E-state index is 0.268. The molecule has 0 saturated heterocycles. The number of aromatic nitrogens is 3. The van der Waals surface area contributed by atoms with Crippen molar-refractivity contribution in [1.82, 2.24) is 14.4 Å². The molecule has 0 aliphatic carbocycles. The fourth-order valence-electron chi connectivity index (χ4n) is 1.48. The Morgan fingerprint density at radius 1 is 1.50 bits per heavy atom. The number of imidazole rings is 1. The summed E-state index contributed by atoms with van der Waals surface area (Å²) in [5.74, 6) is -0.429. The maximum absolute atomic E-state index is 11.6. The molecule has 0 unspecified atom stereocenters. The van der Waals surface area contributed by atoms with Gasteiger partial charge in [0, 0.05) is 18.6 Å². The number of ether oxygens (including phenoxy) is 1. The number of nitrogens with zero attached hydrogens (tertiary/aromatic N) is 3. The Kier molecular flexibility index (Phi) is 2.85. The molecule has 5 heteroatoms. The van der Waals surface area contributed by atoms with E-state index in [4.69, 9.17) is 4.74 Å². The van der Waals surface area contributed by atoms with E-state index >= 15 is 0 Å². The van der Waals surface area contributed by atoms with Crippen LogP contribution in [0.25, 0.3) is 5.65 Å². The monoisotopic (exact) mass is 219 g/mol. The summed E-state index contributed by atoms with van der Waals surface area (Å²) < 4.78 is 6.71. The third kappa shape index (κ3) is 1.76. The Balaban J connectivity index is 2.52. The van der Waals surface area contributed by atoms with Gasteiger partial charge >= 0.3 is 5.97 Å². The van der Waals surface area contributed by atoms with Gasteiger partial charge in [-0.15, -0.1) is 0 Å². The van der Waals surface area contributed by atoms with Gasteiger partial charge in [-0.2, -0.15) is 0 Å². The predicted molar refractivity (Wildman–Crippen MR) is 58.3 cm³/mol. The molecule has 0 aromatic carbocycles. The summed E-state index contributed by atoms with van der Waals surface area (Å²) in [4.78, 5) is 20.0. The molecule has 0 radical (unpaired) electrons. The van der Waals surface area contributed by atoms with Gasteiger partial charge in [-0.25, -0.2) is 14.8 Å². The van der Waals surface area contributed by atoms with Gasteiger partial charge in [0.1, 0.15) is 0 Å². The Morgan fingerprint density at radius 3 is 3.00 bits per heavy atom. The maximum atomic E-state index is 11.6. The standard InChI is InChI=1S/C11H13N3O2/c1-3-8-7-14-6-5-12-9(10(14)13-8)11(15)16-4-2/h5-7H,3-4H2,1-2H3. The molecule has 0 saturated carbocycles. The Bertz CT molecular complexity index is 519. The van der Waals surface area contributed by atoms with Crippen LogP contribution in [0.1, 0.15) is 30.0 Å². The molecule has 0 fully saturated rings. The highest BCUT2D eigenvalue weighted by molar-refractivity contribution is 5.93. The summed E-state index contributed by atoms with van der Waals surface area (Å²) in [6.07, 6.45) is 6.05. The molecule has 0 atom stereocenters. The lowest BCUT2D eigenvalue weighted by molar-refractivity contribution is 0.0521. The molecule has 0 amide bonds. The van der Waals surface area contributed by atoms with Gasteiger partial charge in [0.15, 0.2) is 11.3 Å². The SMILES string of the molecule is CCOC(=O)c1nccn2cc(CC)nc12. The van der Waals surface area contributed by atoms with E-state index in [9.17, 15) is 4.79 Å². The lowest BCUT2D eigenvalue weighted by Gasteiger charge is -2.01. The fourth-order valence-corrected chi connectivity index (χ4v) is 1.48. The minimum Gasteiger partial charge on any atom is -0.461 e. The van der Waals surface area contributed by atoms with Gasteiger partial charge in [0.05, 0.1) is 12.3 Å². The second-order valence-corrected chi connectivity index (χ2v) is 3.31. The number of carbonyl (C=O) groups is 1. The van der Waals surface area contributed by atoms with Crippen molar-refractivity contribution in [3.05, 3.63) is 30.0 Å². The Morgan fingerprint density at radius 2 is 2.31 bits per heavy atom. The minimum atomic E-state index is -0.429. The van der Waals surface area contributed by atoms with Crippen LogP contribution >= 0.6 is 0 Å². The summed E-state index contributed by atoms with van der Waals surface area (Å²) in [6, 6.07) is 0. The van der Waals surface area contributed by atoms with Gasteiger partial charge in [0.2, 0.25) is 0 Å². The van der Waals surface area contributed by atoms with Crippen LogP contribution in [-0.4, -0.2) is 26.9 Å². The lowest BCUT2D eigenvalue weighted by Crippen LogP contribution is -2.09. The zero-order valence-electron chi connectivity index (χ0n) is 9.30. The first-order valence-electron chi connectivity index (χ1n) is 5.26. The molecule has 84 valence electrons. The first-order valence-corrected chi connectivity index (χ1v) is 5.26. The highest BCUT2D eigenvalue weighted by Crippen LogP contribution is 2.10. The molecular weight excluding hydrogens is 206 g/mol. The molecule has 16 heavy (non-hydrogen) atoms. The van der Waals surface area contributed by atoms with E-state index in [0.29, 0.717) is 12.3 Å². The number of aryl methyl sites for hydroxylation is 1. The van der Waals surface area contributed by atoms with Crippen LogP contribution in [0.5, 0.6) is 0 Å². The van der Waals surface area contributed by atoms with Crippen LogP contribution in [0.4, 0.5) is 0 Å². The van der Waals surface area contributed by atoms with Crippen LogP contribution in [0.2, 0.25) is 0 Å². The zero-order chi connectivity index (χ0) is 11.5. The second-order valence-electron chi connectivity index (χ2n) is 3.31. The van der Waals surface area contributed by atoms with E-state index < -0.39 is 5.97 Å². The molecule has 0 bridgehead atoms. The van der Waals surface area contributed by atoms with Gasteiger partial charge in [-0.1, -0.05) is 6.92 Å². The van der Waals surface area contributed by atoms with Crippen molar-refractivity contribution in [2.45, 2.75) is 20.3 Å². The van der Waals surface area contributed by atoms with E-state index in [1.165, 1.54) is 0 Å². The molecule has 2 aromatic heterocycles. The molecule has 0 spiro atoms. The first kappa shape index (κ1) is 10.6. The number of hydrogen-bond acceptors (Lipinski definition) is 4. The average molecular weight is 219 g/mol. The predicted octanol–water partition coefficient (Wildman–Crippen LogP) is 1.47. The molecular formula is C11H13N3O2. The van der Waals surface area contributed by atoms with Gasteiger partial charge in [0.25, 0.3) is 0 Å². The van der Waals surface area contributed by atoms with Gasteiger partial charge in [-0.3, -0.25) is 0 Å². The number of carbonyl (C=O) groups excluding carboxylic acids is 1. The van der Waals surface area contributed by atoms with Crippen molar-refractivity contribution >= 4 is 11.6 Å². The van der Waals surface area contributed by atoms with Gasteiger partial charge in [-0.05, 0) is 13.3 Å². The number of esters is 1. The van der Waals surface area contributed by atoms with Crippen LogP contribution < -0.4 is 0 Å². The molecule has 0 aliphatic rings. The van der Waals surface area contributed by atoms with Crippen molar-refractivity contribution in [2.24, 2.45) is 0 Å². The van der Waals surface area contributed by atoms with E-state index in [1.807, 2.05) is 13.1 Å². The summed E-state index contributed by atoms with van der Waals surface area (Å²) >= 11 is 0. The highest BCUT2D eigenvalue weighted by Gasteiger charge is 2.15. The van der Waals surface area contributed by atoms with Crippen molar-refractivity contribution < 1.29 is 9.53 Å². The number of rotatable bonds is 3. The summed E-state index contributed by atoms with van der Waals surface area (Å²) in [5, 5.41) is 0. The second kappa shape index (κ2) is 4.30. The van der Waals surface area contributed by atoms with E-state index in [2.05, 4.69) is 9.97 Å². The molecule has 2 aromatic rings. The van der Waals surface area contributed by atoms with Crippen molar-refractivity contribution in [3.8, 4) is 0 Å². The Hall–Kier alpha value is -1.91. The number of fused-ring (bicyclic) bond motifs is 1. The highest BCUT2D eigenvalue weighted by atomic mass is 16.5. The van der Waals surface area contributed by atoms with Crippen molar-refractivity contribution in [3.63, 3.8) is 0 Å². The molecule has 2 heterocycles. The van der Waals surface area contributed by atoms with E-state index in [1.54, 1.807) is 23.7 Å². The smallest absolute Gasteiger partial charge is 0.360 e. The summed E-state index contributed by atoms with van der Waals surface area (Å²) in [5.41, 5.74) is 1.75. The van der Waals surface area contributed by atoms with Gasteiger partial charge < -0.3 is 9.14 Å². The third-order valence-electron chi connectivity index (χ3n) is 2.26. The largest absolute Gasteiger partial charge is 0.461 e. The fraction of sp³-hybridized carbons (Fsp3) is 0.364. The molecule has 5 nitrogen and oxygen atoms in total. The van der Waals surface area contributed by atoms with E-state index in [-0.39, 0.29) is 5.69 Å². The van der Waals surface area contributed by atoms with Crippen molar-refractivity contribution in [1.29, 1.82) is 0 Å². The third-order valence-corrected chi connectivity index (χ3v) is 2.26. The summed E-state index contributed by atoms with van der Waals surface area (Å²) in [7, 11) is 0. The van der Waals surface area contributed by atoms with Crippen LogP contribution in [0.3, 0.4) is 0 Å². The average Bonchev–Trinajstić information content (AvgIpc) is 2.71. The number of hydrogen-bond donors (Lipinski definition) is 0. The topological polar surface area (TPSA) is 56.5 Å². The quantitative estimate of drug-likeness (QED) is 0.733. The maximum Gasteiger partial charge on any atom is 0.360 e.